The molecule has 0 fully saturated rings. The first-order valence-electron chi connectivity index (χ1n) is 0.855. The summed E-state index contributed by atoms with van der Waals surface area (Å²) in [7, 11) is -5.11. The van der Waals surface area contributed by atoms with E-state index in [1.807, 2.05) is 0 Å². The molecule has 0 radical (unpaired) electrons. The smallest absolute Gasteiger partial charge is 1.00 e. The molecule has 0 heterocycles. The van der Waals surface area contributed by atoms with E-state index in [9.17, 15) is 0 Å². The first-order valence-corrected chi connectivity index (χ1v) is 2.57. The van der Waals surface area contributed by atoms with Crippen molar-refractivity contribution in [2.75, 3.05) is 0 Å². The van der Waals surface area contributed by atoms with Gasteiger partial charge in [-0.25, -0.2) is 0 Å². The van der Waals surface area contributed by atoms with Gasteiger partial charge < -0.3 is 31.6 Å². The second-order valence-corrected chi connectivity index (χ2v) is 1.65. The predicted octanol–water partition coefficient (Wildman–Crippen LogP) is -6.87. The van der Waals surface area contributed by atoms with E-state index in [1.54, 1.807) is 0 Å². The molecule has 0 bridgehead atoms. The van der Waals surface area contributed by atoms with E-state index in [4.69, 9.17) is 19.2 Å². The van der Waals surface area contributed by atoms with Gasteiger partial charge in [0.2, 0.25) is 0 Å². The van der Waals surface area contributed by atoms with E-state index in [0.29, 0.717) is 0 Å². The van der Waals surface area contributed by atoms with Gasteiger partial charge >= 0.3 is 35.6 Å². The van der Waals surface area contributed by atoms with Crippen molar-refractivity contribution in [1.29, 1.82) is 0 Å². The van der Waals surface area contributed by atoms with Crippen molar-refractivity contribution in [2.24, 2.45) is 0 Å². The van der Waals surface area contributed by atoms with E-state index in [0.717, 1.165) is 0 Å². The van der Waals surface area contributed by atoms with Crippen LogP contribution in [0.5, 0.6) is 0 Å². The van der Waals surface area contributed by atoms with Gasteiger partial charge in [-0.3, -0.25) is 0 Å². The fourth-order valence-electron chi connectivity index (χ4n) is 0. The van der Waals surface area contributed by atoms with Crippen molar-refractivity contribution < 1.29 is 67.2 Å². The van der Waals surface area contributed by atoms with E-state index in [1.165, 1.54) is 0 Å². The molecule has 7 heavy (non-hydrogen) atoms. The summed E-state index contributed by atoms with van der Waals surface area (Å²) in [4.78, 5) is 31.8. The Balaban J connectivity index is -0.0000000800. The molecule has 0 aromatic carbocycles. The molecular formula is H2ClLaO4Si. The summed E-state index contributed by atoms with van der Waals surface area (Å²) in [5, 5.41) is 0. The van der Waals surface area contributed by atoms with Gasteiger partial charge in [0.25, 0.3) is 0 Å². The van der Waals surface area contributed by atoms with Crippen LogP contribution >= 0.6 is 0 Å². The van der Waals surface area contributed by atoms with Crippen molar-refractivity contribution in [2.45, 2.75) is 0 Å². The third kappa shape index (κ3) is 97.4. The number of hydrogen-bond acceptors (Lipinski definition) is 4. The molecule has 0 atom stereocenters. The molecule has 0 saturated carbocycles. The number of rotatable bonds is 0. The van der Waals surface area contributed by atoms with Crippen molar-refractivity contribution in [1.82, 2.24) is 0 Å². The molecule has 0 unspecified atom stereocenters. The van der Waals surface area contributed by atoms with Crippen LogP contribution in [0.25, 0.3) is 0 Å². The fourth-order valence-corrected chi connectivity index (χ4v) is 0. The Hall–Kier alpha value is 1.54. The Morgan fingerprint density at radius 3 is 1.14 bits per heavy atom. The third-order valence-corrected chi connectivity index (χ3v) is 0. The van der Waals surface area contributed by atoms with Crippen LogP contribution in [0.15, 0.2) is 0 Å². The van der Waals surface area contributed by atoms with E-state index in [2.05, 4.69) is 0 Å². The molecule has 40 valence electrons. The molecule has 0 aromatic rings. The van der Waals surface area contributed by atoms with Crippen molar-refractivity contribution in [3.8, 4) is 0 Å². The number of hydrogen-bond donors (Lipinski definition) is 2. The molecule has 7 heteroatoms. The quantitative estimate of drug-likeness (QED) is 0.428. The van der Waals surface area contributed by atoms with Crippen LogP contribution in [-0.2, 0) is 0 Å². The Morgan fingerprint density at radius 1 is 1.14 bits per heavy atom. The second kappa shape index (κ2) is 5.67. The molecule has 0 aliphatic heterocycles. The van der Waals surface area contributed by atoms with Crippen LogP contribution in [0, 0.1) is 35.6 Å². The molecule has 0 amide bonds. The summed E-state index contributed by atoms with van der Waals surface area (Å²) in [6.45, 7) is 0. The summed E-state index contributed by atoms with van der Waals surface area (Å²) in [6, 6.07) is 0. The Bertz CT molecular complexity index is 27.2. The van der Waals surface area contributed by atoms with Gasteiger partial charge in [-0.15, -0.1) is 0 Å². The van der Waals surface area contributed by atoms with Gasteiger partial charge in [-0.05, 0) is 0 Å². The Kier molecular flexibility index (Phi) is 12.8. The third-order valence-electron chi connectivity index (χ3n) is 0. The zero-order chi connectivity index (χ0) is 4.50. The van der Waals surface area contributed by atoms with Crippen molar-refractivity contribution in [3.63, 3.8) is 0 Å². The normalized spacial score (nSPS) is 8.57. The Labute approximate surface area is 75.7 Å². The number of halogens is 1. The van der Waals surface area contributed by atoms with Gasteiger partial charge in [0.15, 0.2) is 0 Å². The average molecular weight is 268 g/mol. The monoisotopic (exact) mass is 268 g/mol. The molecule has 0 saturated heterocycles. The largest absolute Gasteiger partial charge is 3.00 e. The molecule has 0 aliphatic carbocycles. The second-order valence-electron chi connectivity index (χ2n) is 0.548. The summed E-state index contributed by atoms with van der Waals surface area (Å²) < 4.78 is 0. The van der Waals surface area contributed by atoms with Crippen LogP contribution in [0.2, 0.25) is 0 Å². The Morgan fingerprint density at radius 2 is 1.14 bits per heavy atom. The maximum atomic E-state index is 8.80. The maximum Gasteiger partial charge on any atom is 3.00 e. The molecule has 0 spiro atoms. The van der Waals surface area contributed by atoms with Crippen LogP contribution in [0.3, 0.4) is 0 Å². The van der Waals surface area contributed by atoms with Crippen molar-refractivity contribution in [3.05, 3.63) is 0 Å². The van der Waals surface area contributed by atoms with Gasteiger partial charge in [0.1, 0.15) is 9.05 Å². The molecule has 0 rings (SSSR count). The fraction of sp³-hybridized carbons (Fsp3) is 0. The first-order chi connectivity index (χ1) is 2.00. The van der Waals surface area contributed by atoms with Crippen LogP contribution in [0.1, 0.15) is 0 Å². The van der Waals surface area contributed by atoms with Gasteiger partial charge in [-0.2, -0.15) is 0 Å². The van der Waals surface area contributed by atoms with Crippen LogP contribution < -0.4 is 22.0 Å². The summed E-state index contributed by atoms with van der Waals surface area (Å²) >= 11 is 0. The SMILES string of the molecule is [Cl-].[La+3].[O-][Si]([O-])(O)O. The topological polar surface area (TPSA) is 86.6 Å². The van der Waals surface area contributed by atoms with Gasteiger partial charge in [-0.1, -0.05) is 0 Å². The maximum absolute atomic E-state index is 8.80. The van der Waals surface area contributed by atoms with Crippen LogP contribution in [-0.4, -0.2) is 18.6 Å². The van der Waals surface area contributed by atoms with Gasteiger partial charge in [0, 0.05) is 0 Å². The standard InChI is InChI=1S/ClH.La.H2O4Si/c;;1-5(2,3)4/h1H;;1-2H/q;+3;-2/p-1. The van der Waals surface area contributed by atoms with Gasteiger partial charge in [0.05, 0.1) is 0 Å². The van der Waals surface area contributed by atoms with Crippen molar-refractivity contribution >= 4 is 9.05 Å². The first kappa shape index (κ1) is 15.8. The zero-order valence-electron chi connectivity index (χ0n) is 3.17. The van der Waals surface area contributed by atoms with E-state index < -0.39 is 9.05 Å². The predicted molar refractivity (Wildman–Crippen MR) is 10.2 cm³/mol. The van der Waals surface area contributed by atoms with E-state index in [-0.39, 0.29) is 48.0 Å². The molecular weight excluding hydrogens is 266 g/mol. The molecule has 0 aliphatic rings. The minimum atomic E-state index is -5.11. The van der Waals surface area contributed by atoms with Crippen LogP contribution in [0.4, 0.5) is 0 Å². The van der Waals surface area contributed by atoms with E-state index >= 15 is 0 Å². The summed E-state index contributed by atoms with van der Waals surface area (Å²) in [6.07, 6.45) is 0. The average Bonchev–Trinajstić information content (AvgIpc) is 0.722. The molecule has 0 aromatic heterocycles. The molecule has 4 nitrogen and oxygen atoms in total. The minimum absolute atomic E-state index is 0. The summed E-state index contributed by atoms with van der Waals surface area (Å²) in [5.41, 5.74) is 0. The summed E-state index contributed by atoms with van der Waals surface area (Å²) in [5.74, 6) is 0. The zero-order valence-corrected chi connectivity index (χ0v) is 8.55. The minimum Gasteiger partial charge on any atom is -1.00 e. The molecule has 2 N–H and O–H groups in total.